The van der Waals surface area contributed by atoms with Gasteiger partial charge in [-0.2, -0.15) is 0 Å². The normalized spacial score (nSPS) is 16.5. The lowest BCUT2D eigenvalue weighted by Gasteiger charge is -2.30. The number of likely N-dealkylation sites (N-methyl/N-ethyl adjacent to an activating group) is 1. The number of hydrogen-bond acceptors (Lipinski definition) is 4. The average molecular weight is 264 g/mol. The lowest BCUT2D eigenvalue weighted by atomic mass is 10.1. The molecule has 19 heavy (non-hydrogen) atoms. The van der Waals surface area contributed by atoms with Crippen molar-refractivity contribution < 1.29 is 9.59 Å². The minimum absolute atomic E-state index is 0.247. The Hall–Kier alpha value is -1.66. The summed E-state index contributed by atoms with van der Waals surface area (Å²) in [5, 5.41) is 5.67. The first kappa shape index (κ1) is 13.8. The summed E-state index contributed by atoms with van der Waals surface area (Å²) in [6.07, 6.45) is 3.73. The van der Waals surface area contributed by atoms with E-state index in [2.05, 4.69) is 15.6 Å². The standard InChI is InChI=1S/C13H20N4O2/c1-17(10-4-7-14-8-5-10)9-12(18)16-13(19)11-3-2-6-15-11/h2-3,6,10,14-15H,4-5,7-9H2,1H3,(H,16,18,19). The molecule has 104 valence electrons. The molecule has 1 aromatic heterocycles. The van der Waals surface area contributed by atoms with Crippen molar-refractivity contribution in [1.82, 2.24) is 20.5 Å². The number of nitrogens with one attached hydrogen (secondary N) is 3. The fraction of sp³-hybridized carbons (Fsp3) is 0.538. The number of H-pyrrole nitrogens is 1. The van der Waals surface area contributed by atoms with Crippen molar-refractivity contribution in [2.75, 3.05) is 26.7 Å². The van der Waals surface area contributed by atoms with Crippen LogP contribution in [-0.4, -0.2) is 54.4 Å². The highest BCUT2D eigenvalue weighted by atomic mass is 16.2. The Morgan fingerprint density at radius 2 is 2.16 bits per heavy atom. The van der Waals surface area contributed by atoms with Crippen LogP contribution in [0.15, 0.2) is 18.3 Å². The van der Waals surface area contributed by atoms with Gasteiger partial charge in [0.15, 0.2) is 0 Å². The number of amides is 2. The van der Waals surface area contributed by atoms with Crippen LogP contribution in [0.4, 0.5) is 0 Å². The number of imide groups is 1. The number of rotatable bonds is 4. The number of nitrogens with zero attached hydrogens (tertiary/aromatic N) is 1. The molecule has 0 aliphatic carbocycles. The Bertz CT molecular complexity index is 424. The fourth-order valence-corrected chi connectivity index (χ4v) is 2.31. The summed E-state index contributed by atoms with van der Waals surface area (Å²) >= 11 is 0. The summed E-state index contributed by atoms with van der Waals surface area (Å²) in [7, 11) is 1.93. The van der Waals surface area contributed by atoms with E-state index in [1.54, 1.807) is 18.3 Å². The molecule has 3 N–H and O–H groups in total. The summed E-state index contributed by atoms with van der Waals surface area (Å²) in [6, 6.07) is 3.77. The molecule has 0 aromatic carbocycles. The zero-order valence-electron chi connectivity index (χ0n) is 11.1. The van der Waals surface area contributed by atoms with E-state index in [0.717, 1.165) is 25.9 Å². The minimum Gasteiger partial charge on any atom is -0.357 e. The van der Waals surface area contributed by atoms with Crippen LogP contribution in [0.25, 0.3) is 0 Å². The van der Waals surface area contributed by atoms with Gasteiger partial charge in [0.1, 0.15) is 5.69 Å². The van der Waals surface area contributed by atoms with E-state index in [1.807, 2.05) is 11.9 Å². The second kappa shape index (κ2) is 6.49. The molecule has 1 aliphatic rings. The summed E-state index contributed by atoms with van der Waals surface area (Å²) in [5.74, 6) is -0.644. The van der Waals surface area contributed by atoms with Crippen LogP contribution >= 0.6 is 0 Å². The quantitative estimate of drug-likeness (QED) is 0.713. The van der Waals surface area contributed by atoms with E-state index in [1.165, 1.54) is 0 Å². The molecule has 1 aliphatic heterocycles. The van der Waals surface area contributed by atoms with Gasteiger partial charge in [-0.3, -0.25) is 19.8 Å². The Labute approximate surface area is 112 Å². The minimum atomic E-state index is -0.381. The molecule has 2 heterocycles. The van der Waals surface area contributed by atoms with Crippen LogP contribution in [0.5, 0.6) is 0 Å². The second-order valence-electron chi connectivity index (χ2n) is 4.86. The maximum atomic E-state index is 11.8. The van der Waals surface area contributed by atoms with Crippen molar-refractivity contribution in [3.8, 4) is 0 Å². The van der Waals surface area contributed by atoms with Gasteiger partial charge >= 0.3 is 0 Å². The van der Waals surface area contributed by atoms with Crippen LogP contribution in [0.3, 0.4) is 0 Å². The molecule has 0 bridgehead atoms. The predicted octanol–water partition coefficient (Wildman–Crippen LogP) is -0.0451. The number of carbonyl (C=O) groups excluding carboxylic acids is 2. The fourth-order valence-electron chi connectivity index (χ4n) is 2.31. The number of aromatic amines is 1. The summed E-state index contributed by atoms with van der Waals surface area (Å²) in [6.45, 7) is 2.22. The van der Waals surface area contributed by atoms with Crippen LogP contribution in [0.1, 0.15) is 23.3 Å². The molecule has 0 saturated carbocycles. The molecular weight excluding hydrogens is 244 g/mol. The molecular formula is C13H20N4O2. The van der Waals surface area contributed by atoms with Gasteiger partial charge in [-0.15, -0.1) is 0 Å². The third-order valence-corrected chi connectivity index (χ3v) is 3.42. The monoisotopic (exact) mass is 264 g/mol. The number of carbonyl (C=O) groups is 2. The van der Waals surface area contributed by atoms with E-state index in [4.69, 9.17) is 0 Å². The first-order chi connectivity index (χ1) is 9.16. The Morgan fingerprint density at radius 1 is 1.42 bits per heavy atom. The first-order valence-corrected chi connectivity index (χ1v) is 6.55. The SMILES string of the molecule is CN(CC(=O)NC(=O)c1ccc[nH]1)C1CCNCC1. The van der Waals surface area contributed by atoms with Gasteiger partial charge in [0.25, 0.3) is 5.91 Å². The van der Waals surface area contributed by atoms with E-state index in [9.17, 15) is 9.59 Å². The highest BCUT2D eigenvalue weighted by molar-refractivity contribution is 6.04. The molecule has 1 aromatic rings. The van der Waals surface area contributed by atoms with Gasteiger partial charge < -0.3 is 10.3 Å². The smallest absolute Gasteiger partial charge is 0.274 e. The van der Waals surface area contributed by atoms with Gasteiger partial charge in [-0.1, -0.05) is 0 Å². The van der Waals surface area contributed by atoms with Crippen molar-refractivity contribution in [1.29, 1.82) is 0 Å². The highest BCUT2D eigenvalue weighted by Crippen LogP contribution is 2.09. The van der Waals surface area contributed by atoms with Crippen LogP contribution in [0.2, 0.25) is 0 Å². The van der Waals surface area contributed by atoms with Crippen molar-refractivity contribution in [2.24, 2.45) is 0 Å². The Kier molecular flexibility index (Phi) is 4.70. The third kappa shape index (κ3) is 3.90. The molecule has 1 fully saturated rings. The molecule has 2 rings (SSSR count). The largest absolute Gasteiger partial charge is 0.357 e. The maximum absolute atomic E-state index is 11.8. The lowest BCUT2D eigenvalue weighted by Crippen LogP contribution is -2.46. The van der Waals surface area contributed by atoms with Gasteiger partial charge in [0.05, 0.1) is 6.54 Å². The van der Waals surface area contributed by atoms with Gasteiger partial charge in [0, 0.05) is 12.2 Å². The van der Waals surface area contributed by atoms with Crippen molar-refractivity contribution in [3.63, 3.8) is 0 Å². The number of aromatic nitrogens is 1. The van der Waals surface area contributed by atoms with Crippen LogP contribution in [-0.2, 0) is 4.79 Å². The number of hydrogen-bond donors (Lipinski definition) is 3. The molecule has 0 unspecified atom stereocenters. The molecule has 6 nitrogen and oxygen atoms in total. The Balaban J connectivity index is 1.78. The van der Waals surface area contributed by atoms with Crippen LogP contribution < -0.4 is 10.6 Å². The third-order valence-electron chi connectivity index (χ3n) is 3.42. The van der Waals surface area contributed by atoms with E-state index in [-0.39, 0.29) is 18.4 Å². The average Bonchev–Trinajstić information content (AvgIpc) is 2.93. The molecule has 1 saturated heterocycles. The van der Waals surface area contributed by atoms with Gasteiger partial charge in [0.2, 0.25) is 5.91 Å². The number of piperidine rings is 1. The van der Waals surface area contributed by atoms with E-state index in [0.29, 0.717) is 11.7 Å². The van der Waals surface area contributed by atoms with E-state index >= 15 is 0 Å². The first-order valence-electron chi connectivity index (χ1n) is 6.55. The summed E-state index contributed by atoms with van der Waals surface area (Å²) < 4.78 is 0. The predicted molar refractivity (Wildman–Crippen MR) is 71.8 cm³/mol. The van der Waals surface area contributed by atoms with E-state index < -0.39 is 0 Å². The highest BCUT2D eigenvalue weighted by Gasteiger charge is 2.20. The topological polar surface area (TPSA) is 77.2 Å². The molecule has 0 atom stereocenters. The zero-order valence-corrected chi connectivity index (χ0v) is 11.1. The molecule has 6 heteroatoms. The zero-order chi connectivity index (χ0) is 13.7. The Morgan fingerprint density at radius 3 is 2.79 bits per heavy atom. The molecule has 0 radical (unpaired) electrons. The maximum Gasteiger partial charge on any atom is 0.274 e. The summed E-state index contributed by atoms with van der Waals surface area (Å²) in [4.78, 5) is 28.3. The van der Waals surface area contributed by atoms with Gasteiger partial charge in [-0.25, -0.2) is 0 Å². The second-order valence-corrected chi connectivity index (χ2v) is 4.86. The van der Waals surface area contributed by atoms with Crippen LogP contribution in [0, 0.1) is 0 Å². The van der Waals surface area contributed by atoms with Crippen molar-refractivity contribution >= 4 is 11.8 Å². The summed E-state index contributed by atoms with van der Waals surface area (Å²) in [5.41, 5.74) is 0.401. The molecule has 0 spiro atoms. The van der Waals surface area contributed by atoms with Crippen molar-refractivity contribution in [3.05, 3.63) is 24.0 Å². The molecule has 2 amide bonds. The van der Waals surface area contributed by atoms with Gasteiger partial charge in [-0.05, 0) is 45.1 Å². The lowest BCUT2D eigenvalue weighted by molar-refractivity contribution is -0.121. The van der Waals surface area contributed by atoms with Crippen molar-refractivity contribution in [2.45, 2.75) is 18.9 Å².